The van der Waals surface area contributed by atoms with E-state index in [1.807, 2.05) is 40.1 Å². The molecule has 1 aromatic heterocycles. The van der Waals surface area contributed by atoms with Gasteiger partial charge in [0.25, 0.3) is 0 Å². The van der Waals surface area contributed by atoms with Gasteiger partial charge in [-0.1, -0.05) is 27.4 Å². The molecule has 4 heteroatoms. The monoisotopic (exact) mass is 273 g/mol. The SMILES string of the molecule is C=C(N=C1C(CC)=CO/C1=C/C)c1cnn(C)c1.CC. The smallest absolute Gasteiger partial charge is 0.148 e. The van der Waals surface area contributed by atoms with Gasteiger partial charge in [0.1, 0.15) is 11.5 Å². The maximum Gasteiger partial charge on any atom is 0.148 e. The second-order valence-electron chi connectivity index (χ2n) is 4.08. The number of hydrogen-bond acceptors (Lipinski definition) is 3. The average molecular weight is 273 g/mol. The molecule has 0 aliphatic carbocycles. The standard InChI is InChI=1S/C14H17N3O.C2H6/c1-5-11-9-18-13(6-2)14(11)16-10(3)12-7-15-17(4)8-12;1-2/h6-9H,3,5H2,1-2,4H3;1-2H3/b13-6+,16-14?;. The zero-order valence-corrected chi connectivity index (χ0v) is 13.0. The molecular weight excluding hydrogens is 250 g/mol. The number of aryl methyl sites for hydroxylation is 1. The van der Waals surface area contributed by atoms with E-state index < -0.39 is 0 Å². The van der Waals surface area contributed by atoms with Gasteiger partial charge < -0.3 is 4.74 Å². The van der Waals surface area contributed by atoms with Crippen molar-refractivity contribution in [1.29, 1.82) is 0 Å². The predicted octanol–water partition coefficient (Wildman–Crippen LogP) is 4.09. The van der Waals surface area contributed by atoms with Gasteiger partial charge in [0.2, 0.25) is 0 Å². The summed E-state index contributed by atoms with van der Waals surface area (Å²) in [7, 11) is 1.87. The Bertz CT molecular complexity index is 562. The highest BCUT2D eigenvalue weighted by Crippen LogP contribution is 2.24. The van der Waals surface area contributed by atoms with Crippen LogP contribution in [0.15, 0.2) is 47.6 Å². The van der Waals surface area contributed by atoms with E-state index in [4.69, 9.17) is 4.74 Å². The third kappa shape index (κ3) is 3.47. The first kappa shape index (κ1) is 16.0. The molecule has 0 radical (unpaired) electrons. The lowest BCUT2D eigenvalue weighted by atomic mass is 10.1. The molecule has 0 bridgehead atoms. The van der Waals surface area contributed by atoms with Gasteiger partial charge in [0.15, 0.2) is 0 Å². The van der Waals surface area contributed by atoms with Gasteiger partial charge in [0, 0.05) is 24.4 Å². The summed E-state index contributed by atoms with van der Waals surface area (Å²) in [5.74, 6) is 0.789. The third-order valence-corrected chi connectivity index (χ3v) is 2.79. The summed E-state index contributed by atoms with van der Waals surface area (Å²) < 4.78 is 7.20. The first-order valence-electron chi connectivity index (χ1n) is 6.95. The minimum atomic E-state index is 0.697. The lowest BCUT2D eigenvalue weighted by molar-refractivity contribution is 0.387. The van der Waals surface area contributed by atoms with E-state index in [2.05, 4.69) is 23.6 Å². The molecule has 1 aromatic rings. The Morgan fingerprint density at radius 1 is 1.50 bits per heavy atom. The maximum absolute atomic E-state index is 5.47. The van der Waals surface area contributed by atoms with E-state index in [0.717, 1.165) is 29.0 Å². The van der Waals surface area contributed by atoms with Crippen LogP contribution in [0.5, 0.6) is 0 Å². The molecule has 0 atom stereocenters. The lowest BCUT2D eigenvalue weighted by Gasteiger charge is -2.03. The number of hydrogen-bond donors (Lipinski definition) is 0. The van der Waals surface area contributed by atoms with Gasteiger partial charge in [-0.05, 0) is 19.4 Å². The van der Waals surface area contributed by atoms with Crippen molar-refractivity contribution in [2.75, 3.05) is 0 Å². The van der Waals surface area contributed by atoms with Crippen LogP contribution in [-0.2, 0) is 11.8 Å². The van der Waals surface area contributed by atoms with Gasteiger partial charge >= 0.3 is 0 Å². The fraction of sp³-hybridized carbons (Fsp3) is 0.375. The molecule has 0 saturated carbocycles. The zero-order chi connectivity index (χ0) is 15.1. The van der Waals surface area contributed by atoms with Crippen LogP contribution >= 0.6 is 0 Å². The van der Waals surface area contributed by atoms with Crippen LogP contribution in [0.1, 0.15) is 39.7 Å². The van der Waals surface area contributed by atoms with Crippen molar-refractivity contribution in [3.05, 3.63) is 48.2 Å². The van der Waals surface area contributed by atoms with Crippen molar-refractivity contribution in [2.24, 2.45) is 12.0 Å². The Kier molecular flexibility index (Phi) is 5.97. The number of allylic oxidation sites excluding steroid dienone is 2. The Hall–Kier alpha value is -2.10. The van der Waals surface area contributed by atoms with Crippen molar-refractivity contribution >= 4 is 11.4 Å². The Labute approximate surface area is 121 Å². The summed E-state index contributed by atoms with van der Waals surface area (Å²) in [5.41, 5.74) is 3.58. The molecule has 0 amide bonds. The second kappa shape index (κ2) is 7.48. The van der Waals surface area contributed by atoms with Crippen molar-refractivity contribution in [2.45, 2.75) is 34.1 Å². The molecule has 0 unspecified atom stereocenters. The second-order valence-corrected chi connectivity index (χ2v) is 4.08. The molecule has 0 N–H and O–H groups in total. The quantitative estimate of drug-likeness (QED) is 0.832. The molecule has 2 rings (SSSR count). The van der Waals surface area contributed by atoms with E-state index in [9.17, 15) is 0 Å². The molecule has 1 aliphatic rings. The van der Waals surface area contributed by atoms with Gasteiger partial charge in [-0.2, -0.15) is 5.10 Å². The van der Waals surface area contributed by atoms with E-state index in [-0.39, 0.29) is 0 Å². The van der Waals surface area contributed by atoms with Crippen LogP contribution in [-0.4, -0.2) is 15.5 Å². The van der Waals surface area contributed by atoms with Crippen molar-refractivity contribution < 1.29 is 4.74 Å². The van der Waals surface area contributed by atoms with Crippen LogP contribution in [0, 0.1) is 0 Å². The molecular formula is C16H23N3O. The van der Waals surface area contributed by atoms with E-state index in [1.165, 1.54) is 0 Å². The van der Waals surface area contributed by atoms with E-state index in [0.29, 0.717) is 5.70 Å². The predicted molar refractivity (Wildman–Crippen MR) is 84.2 cm³/mol. The highest BCUT2D eigenvalue weighted by Gasteiger charge is 2.19. The Morgan fingerprint density at radius 3 is 2.70 bits per heavy atom. The minimum Gasteiger partial charge on any atom is -0.463 e. The number of ether oxygens (including phenoxy) is 1. The normalized spacial score (nSPS) is 17.6. The fourth-order valence-electron chi connectivity index (χ4n) is 1.76. The molecule has 0 spiro atoms. The van der Waals surface area contributed by atoms with Crippen LogP contribution in [0.25, 0.3) is 5.70 Å². The summed E-state index contributed by atoms with van der Waals surface area (Å²) in [6.07, 6.45) is 8.20. The van der Waals surface area contributed by atoms with Gasteiger partial charge in [-0.25, -0.2) is 4.99 Å². The largest absolute Gasteiger partial charge is 0.463 e. The molecule has 20 heavy (non-hydrogen) atoms. The summed E-state index contributed by atoms with van der Waals surface area (Å²) in [5, 5.41) is 4.12. The summed E-state index contributed by atoms with van der Waals surface area (Å²) in [6.45, 7) is 12.0. The molecule has 0 saturated heterocycles. The Morgan fingerprint density at radius 2 is 2.20 bits per heavy atom. The minimum absolute atomic E-state index is 0.697. The number of rotatable bonds is 3. The van der Waals surface area contributed by atoms with Gasteiger partial charge in [0.05, 0.1) is 18.2 Å². The molecule has 2 heterocycles. The lowest BCUT2D eigenvalue weighted by Crippen LogP contribution is -2.01. The fourth-order valence-corrected chi connectivity index (χ4v) is 1.76. The maximum atomic E-state index is 5.47. The van der Waals surface area contributed by atoms with Crippen LogP contribution < -0.4 is 0 Å². The average Bonchev–Trinajstić information content (AvgIpc) is 3.07. The molecule has 0 aromatic carbocycles. The van der Waals surface area contributed by atoms with Crippen LogP contribution in [0.4, 0.5) is 0 Å². The number of nitrogens with zero attached hydrogens (tertiary/aromatic N) is 3. The van der Waals surface area contributed by atoms with Crippen molar-refractivity contribution in [1.82, 2.24) is 9.78 Å². The molecule has 0 fully saturated rings. The van der Waals surface area contributed by atoms with Gasteiger partial charge in [-0.3, -0.25) is 4.68 Å². The highest BCUT2D eigenvalue weighted by molar-refractivity contribution is 6.14. The molecule has 4 nitrogen and oxygen atoms in total. The van der Waals surface area contributed by atoms with Crippen molar-refractivity contribution in [3.63, 3.8) is 0 Å². The van der Waals surface area contributed by atoms with E-state index >= 15 is 0 Å². The Balaban J connectivity index is 0.000000956. The number of aliphatic imine (C=N–C) groups is 1. The van der Waals surface area contributed by atoms with Crippen LogP contribution in [0.2, 0.25) is 0 Å². The van der Waals surface area contributed by atoms with E-state index in [1.54, 1.807) is 17.1 Å². The summed E-state index contributed by atoms with van der Waals surface area (Å²) in [4.78, 5) is 4.57. The van der Waals surface area contributed by atoms with Crippen molar-refractivity contribution in [3.8, 4) is 0 Å². The van der Waals surface area contributed by atoms with Crippen LogP contribution in [0.3, 0.4) is 0 Å². The first-order valence-corrected chi connectivity index (χ1v) is 6.95. The summed E-state index contributed by atoms with van der Waals surface area (Å²) in [6, 6.07) is 0. The molecule has 1 aliphatic heterocycles. The highest BCUT2D eigenvalue weighted by atomic mass is 16.5. The zero-order valence-electron chi connectivity index (χ0n) is 13.0. The third-order valence-electron chi connectivity index (χ3n) is 2.79. The summed E-state index contributed by atoms with van der Waals surface area (Å²) >= 11 is 0. The number of aromatic nitrogens is 2. The molecule has 108 valence electrons. The topological polar surface area (TPSA) is 39.4 Å². The van der Waals surface area contributed by atoms with Gasteiger partial charge in [-0.15, -0.1) is 0 Å². The first-order chi connectivity index (χ1) is 9.65.